The van der Waals surface area contributed by atoms with Crippen LogP contribution in [0.5, 0.6) is 34.5 Å². The number of ether oxygens (including phenoxy) is 3. The van der Waals surface area contributed by atoms with Crippen molar-refractivity contribution in [3.63, 3.8) is 0 Å². The lowest BCUT2D eigenvalue weighted by atomic mass is 9.99. The van der Waals surface area contributed by atoms with Gasteiger partial charge >= 0.3 is 0 Å². The topological polar surface area (TPSA) is 157 Å². The summed E-state index contributed by atoms with van der Waals surface area (Å²) in [4.78, 5) is 49.0. The molecule has 0 spiro atoms. The number of carbonyl (C=O) groups is 4. The van der Waals surface area contributed by atoms with Crippen LogP contribution in [0.3, 0.4) is 0 Å². The van der Waals surface area contributed by atoms with E-state index in [0.717, 1.165) is 12.1 Å². The third-order valence-electron chi connectivity index (χ3n) is 4.57. The molecule has 3 N–H and O–H groups in total. The van der Waals surface area contributed by atoms with Crippen LogP contribution in [0.25, 0.3) is 0 Å². The third kappa shape index (κ3) is 5.15. The Morgan fingerprint density at radius 1 is 0.688 bits per heavy atom. The van der Waals surface area contributed by atoms with E-state index < -0.39 is 40.4 Å². The molecule has 0 aromatic heterocycles. The van der Waals surface area contributed by atoms with E-state index in [-0.39, 0.29) is 47.6 Å². The van der Waals surface area contributed by atoms with Gasteiger partial charge in [0.05, 0.1) is 21.3 Å². The first-order chi connectivity index (χ1) is 15.1. The van der Waals surface area contributed by atoms with Crippen molar-refractivity contribution in [3.8, 4) is 34.5 Å². The molecule has 10 heteroatoms. The lowest BCUT2D eigenvalue weighted by molar-refractivity contribution is -0.116. The Labute approximate surface area is 183 Å². The van der Waals surface area contributed by atoms with Crippen molar-refractivity contribution in [2.75, 3.05) is 21.3 Å². The lowest BCUT2D eigenvalue weighted by Crippen LogP contribution is -2.17. The molecule has 0 radical (unpaired) electrons. The Morgan fingerprint density at radius 2 is 1.09 bits per heavy atom. The molecule has 32 heavy (non-hydrogen) atoms. The SMILES string of the molecule is COc1cc(C(=O)C(=O)CCCC(=O)C(=O)c2cc(O)c(O)c(O)c2)cc(OC)c1OC. The number of phenolic OH excluding ortho intramolecular Hbond substituents is 3. The highest BCUT2D eigenvalue weighted by Gasteiger charge is 2.23. The predicted molar refractivity (Wildman–Crippen MR) is 110 cm³/mol. The van der Waals surface area contributed by atoms with Gasteiger partial charge in [-0.3, -0.25) is 19.2 Å². The average molecular weight is 446 g/mol. The fourth-order valence-corrected chi connectivity index (χ4v) is 2.91. The molecular formula is C22H22O10. The summed E-state index contributed by atoms with van der Waals surface area (Å²) in [7, 11) is 4.12. The zero-order valence-electron chi connectivity index (χ0n) is 17.6. The standard InChI is InChI=1S/C22H22O10/c1-30-17-9-12(10-18(31-2)22(17)32-3)20(28)14(24)6-4-5-13(23)19(27)11-7-15(25)21(29)16(26)8-11/h7-10,25-26,29H,4-6H2,1-3H3. The number of ketones is 4. The van der Waals surface area contributed by atoms with Crippen LogP contribution in [-0.4, -0.2) is 59.8 Å². The van der Waals surface area contributed by atoms with E-state index in [2.05, 4.69) is 0 Å². The second kappa shape index (κ2) is 10.3. The zero-order valence-corrected chi connectivity index (χ0v) is 17.6. The maximum Gasteiger partial charge on any atom is 0.228 e. The summed E-state index contributed by atoms with van der Waals surface area (Å²) in [5.41, 5.74) is -0.301. The Morgan fingerprint density at radius 3 is 1.47 bits per heavy atom. The van der Waals surface area contributed by atoms with Crippen molar-refractivity contribution >= 4 is 23.1 Å². The second-order valence-electron chi connectivity index (χ2n) is 6.64. The number of Topliss-reactive ketones (excluding diaryl/α,β-unsaturated/α-hetero) is 4. The highest BCUT2D eigenvalue weighted by atomic mass is 16.5. The Balaban J connectivity index is 2.03. The van der Waals surface area contributed by atoms with Gasteiger partial charge in [0.2, 0.25) is 28.9 Å². The van der Waals surface area contributed by atoms with Gasteiger partial charge in [0.25, 0.3) is 0 Å². The van der Waals surface area contributed by atoms with Crippen LogP contribution in [0.15, 0.2) is 24.3 Å². The van der Waals surface area contributed by atoms with Crippen molar-refractivity contribution in [1.29, 1.82) is 0 Å². The highest BCUT2D eigenvalue weighted by molar-refractivity contribution is 6.45. The van der Waals surface area contributed by atoms with Crippen LogP contribution in [0.4, 0.5) is 0 Å². The Bertz CT molecular complexity index is 1020. The van der Waals surface area contributed by atoms with E-state index in [1.807, 2.05) is 0 Å². The van der Waals surface area contributed by atoms with Crippen molar-refractivity contribution < 1.29 is 48.7 Å². The molecule has 10 nitrogen and oxygen atoms in total. The number of rotatable bonds is 11. The normalized spacial score (nSPS) is 10.3. The Hall–Kier alpha value is -4.08. The summed E-state index contributed by atoms with van der Waals surface area (Å²) in [6.07, 6.45) is -0.703. The molecular weight excluding hydrogens is 424 g/mol. The number of carbonyl (C=O) groups excluding carboxylic acids is 4. The van der Waals surface area contributed by atoms with Gasteiger partial charge in [-0.1, -0.05) is 0 Å². The fourth-order valence-electron chi connectivity index (χ4n) is 2.91. The largest absolute Gasteiger partial charge is 0.504 e. The van der Waals surface area contributed by atoms with Gasteiger partial charge in [0.1, 0.15) is 0 Å². The number of aromatic hydroxyl groups is 3. The summed E-state index contributed by atoms with van der Waals surface area (Å²) >= 11 is 0. The van der Waals surface area contributed by atoms with E-state index in [9.17, 15) is 34.5 Å². The molecule has 0 unspecified atom stereocenters. The van der Waals surface area contributed by atoms with Crippen LogP contribution >= 0.6 is 0 Å². The van der Waals surface area contributed by atoms with E-state index in [0.29, 0.717) is 0 Å². The first-order valence-corrected chi connectivity index (χ1v) is 9.34. The third-order valence-corrected chi connectivity index (χ3v) is 4.57. The number of benzene rings is 2. The summed E-state index contributed by atoms with van der Waals surface area (Å²) < 4.78 is 15.5. The molecule has 0 amide bonds. The van der Waals surface area contributed by atoms with E-state index in [1.54, 1.807) is 0 Å². The molecule has 0 aliphatic rings. The van der Waals surface area contributed by atoms with Crippen molar-refractivity contribution in [2.24, 2.45) is 0 Å². The minimum Gasteiger partial charge on any atom is -0.504 e. The maximum atomic E-state index is 12.5. The van der Waals surface area contributed by atoms with Crippen molar-refractivity contribution in [3.05, 3.63) is 35.4 Å². The molecule has 2 rings (SSSR count). The fraction of sp³-hybridized carbons (Fsp3) is 0.273. The molecule has 0 aliphatic carbocycles. The first-order valence-electron chi connectivity index (χ1n) is 9.34. The summed E-state index contributed by atoms with van der Waals surface area (Å²) in [6, 6.07) is 4.35. The van der Waals surface area contributed by atoms with Gasteiger partial charge in [0, 0.05) is 24.0 Å². The monoisotopic (exact) mass is 446 g/mol. The molecule has 0 heterocycles. The maximum absolute atomic E-state index is 12.5. The van der Waals surface area contributed by atoms with Gasteiger partial charge in [-0.25, -0.2) is 0 Å². The first kappa shape index (κ1) is 24.2. The lowest BCUT2D eigenvalue weighted by Gasteiger charge is -2.13. The number of phenols is 3. The minimum absolute atomic E-state index is 0.0157. The molecule has 0 bridgehead atoms. The van der Waals surface area contributed by atoms with Crippen LogP contribution in [0.1, 0.15) is 40.0 Å². The smallest absolute Gasteiger partial charge is 0.228 e. The van der Waals surface area contributed by atoms with Crippen LogP contribution in [-0.2, 0) is 9.59 Å². The van der Waals surface area contributed by atoms with E-state index in [4.69, 9.17) is 14.2 Å². The summed E-state index contributed by atoms with van der Waals surface area (Å²) in [5.74, 6) is -5.18. The highest BCUT2D eigenvalue weighted by Crippen LogP contribution is 2.38. The van der Waals surface area contributed by atoms with E-state index >= 15 is 0 Å². The van der Waals surface area contributed by atoms with Gasteiger partial charge < -0.3 is 29.5 Å². The van der Waals surface area contributed by atoms with Gasteiger partial charge in [-0.05, 0) is 30.7 Å². The molecule has 2 aromatic carbocycles. The predicted octanol–water partition coefficient (Wildman–Crippen LogP) is 2.20. The van der Waals surface area contributed by atoms with Crippen molar-refractivity contribution in [2.45, 2.75) is 19.3 Å². The summed E-state index contributed by atoms with van der Waals surface area (Å²) in [5, 5.41) is 28.2. The molecule has 170 valence electrons. The molecule has 2 aromatic rings. The minimum atomic E-state index is -1.01. The zero-order chi connectivity index (χ0) is 24.0. The van der Waals surface area contributed by atoms with Gasteiger partial charge in [-0.15, -0.1) is 0 Å². The molecule has 0 aliphatic heterocycles. The van der Waals surface area contributed by atoms with Crippen LogP contribution in [0, 0.1) is 0 Å². The second-order valence-corrected chi connectivity index (χ2v) is 6.64. The van der Waals surface area contributed by atoms with Crippen molar-refractivity contribution in [1.82, 2.24) is 0 Å². The van der Waals surface area contributed by atoms with Crippen LogP contribution < -0.4 is 14.2 Å². The molecule has 0 saturated carbocycles. The number of hydrogen-bond acceptors (Lipinski definition) is 10. The molecule has 0 saturated heterocycles. The number of hydrogen-bond donors (Lipinski definition) is 3. The van der Waals surface area contributed by atoms with Gasteiger partial charge in [-0.2, -0.15) is 0 Å². The van der Waals surface area contributed by atoms with Crippen LogP contribution in [0.2, 0.25) is 0 Å². The summed E-state index contributed by atoms with van der Waals surface area (Å²) in [6.45, 7) is 0. The molecule has 0 atom stereocenters. The number of methoxy groups -OCH3 is 3. The average Bonchev–Trinajstić information content (AvgIpc) is 2.79. The van der Waals surface area contributed by atoms with E-state index in [1.165, 1.54) is 33.5 Å². The quantitative estimate of drug-likeness (QED) is 0.265. The van der Waals surface area contributed by atoms with Gasteiger partial charge in [0.15, 0.2) is 28.7 Å². The molecule has 0 fully saturated rings. The Kier molecular flexibility index (Phi) is 7.78.